The van der Waals surface area contributed by atoms with Gasteiger partial charge in [-0.1, -0.05) is 0 Å². The molecule has 2 aromatic rings. The molecule has 1 heterocycles. The van der Waals surface area contributed by atoms with E-state index in [1.54, 1.807) is 46.8 Å². The third-order valence-electron chi connectivity index (χ3n) is 3.19. The first kappa shape index (κ1) is 17.7. The Labute approximate surface area is 139 Å². The second-order valence-electron chi connectivity index (χ2n) is 6.91. The van der Waals surface area contributed by atoms with Gasteiger partial charge in [-0.2, -0.15) is 0 Å². The lowest BCUT2D eigenvalue weighted by Gasteiger charge is -2.16. The number of rotatable bonds is 3. The standard InChI is InChI=1S/C18H21NO5/c1-10(2)19-15(20)13-8-11-6-7-12(9-14(11)24-16(13)21)23-17(22)18(3,4)5/h6-10H,1-5H3,(H,19,20). The van der Waals surface area contributed by atoms with E-state index in [9.17, 15) is 14.4 Å². The predicted octanol–water partition coefficient (Wildman–Crippen LogP) is 2.88. The van der Waals surface area contributed by atoms with E-state index in [-0.39, 0.29) is 22.9 Å². The van der Waals surface area contributed by atoms with Crippen molar-refractivity contribution in [2.24, 2.45) is 5.41 Å². The van der Waals surface area contributed by atoms with Crippen molar-refractivity contribution in [1.29, 1.82) is 0 Å². The van der Waals surface area contributed by atoms with Gasteiger partial charge in [-0.25, -0.2) is 4.79 Å². The zero-order valence-electron chi connectivity index (χ0n) is 14.4. The van der Waals surface area contributed by atoms with Crippen molar-refractivity contribution in [3.05, 3.63) is 40.2 Å². The Balaban J connectivity index is 2.37. The number of esters is 1. The van der Waals surface area contributed by atoms with Gasteiger partial charge in [-0.15, -0.1) is 0 Å². The number of carbonyl (C=O) groups is 2. The van der Waals surface area contributed by atoms with Gasteiger partial charge < -0.3 is 14.5 Å². The third-order valence-corrected chi connectivity index (χ3v) is 3.19. The van der Waals surface area contributed by atoms with Crippen LogP contribution in [0.25, 0.3) is 11.0 Å². The van der Waals surface area contributed by atoms with E-state index in [2.05, 4.69) is 5.32 Å². The summed E-state index contributed by atoms with van der Waals surface area (Å²) in [5, 5.41) is 3.22. The summed E-state index contributed by atoms with van der Waals surface area (Å²) in [7, 11) is 0. The highest BCUT2D eigenvalue weighted by Gasteiger charge is 2.24. The lowest BCUT2D eigenvalue weighted by atomic mass is 9.97. The molecule has 0 aliphatic rings. The van der Waals surface area contributed by atoms with E-state index >= 15 is 0 Å². The number of amides is 1. The van der Waals surface area contributed by atoms with Crippen molar-refractivity contribution in [2.75, 3.05) is 0 Å². The Morgan fingerprint density at radius 3 is 2.42 bits per heavy atom. The van der Waals surface area contributed by atoms with Crippen LogP contribution in [0.4, 0.5) is 0 Å². The molecular formula is C18H21NO5. The van der Waals surface area contributed by atoms with Crippen LogP contribution >= 0.6 is 0 Å². The van der Waals surface area contributed by atoms with Crippen LogP contribution in [0.2, 0.25) is 0 Å². The Hall–Kier alpha value is -2.63. The highest BCUT2D eigenvalue weighted by Crippen LogP contribution is 2.23. The minimum absolute atomic E-state index is 0.0596. The van der Waals surface area contributed by atoms with Gasteiger partial charge in [-0.05, 0) is 52.8 Å². The van der Waals surface area contributed by atoms with Crippen LogP contribution in [0, 0.1) is 5.41 Å². The molecule has 0 radical (unpaired) electrons. The molecule has 0 spiro atoms. The molecule has 0 fully saturated rings. The fourth-order valence-corrected chi connectivity index (χ4v) is 1.91. The molecule has 0 atom stereocenters. The predicted molar refractivity (Wildman–Crippen MR) is 90.2 cm³/mol. The van der Waals surface area contributed by atoms with Gasteiger partial charge in [0.2, 0.25) is 0 Å². The third kappa shape index (κ3) is 4.01. The zero-order chi connectivity index (χ0) is 18.1. The summed E-state index contributed by atoms with van der Waals surface area (Å²) in [5.74, 6) is -0.592. The molecule has 0 aliphatic heterocycles. The van der Waals surface area contributed by atoms with Crippen LogP contribution < -0.4 is 15.7 Å². The normalized spacial score (nSPS) is 11.6. The number of hydrogen-bond donors (Lipinski definition) is 1. The second-order valence-corrected chi connectivity index (χ2v) is 6.91. The molecule has 1 aromatic heterocycles. The average molecular weight is 331 g/mol. The van der Waals surface area contributed by atoms with Crippen molar-refractivity contribution < 1.29 is 18.7 Å². The van der Waals surface area contributed by atoms with E-state index in [4.69, 9.17) is 9.15 Å². The first-order valence-electron chi connectivity index (χ1n) is 7.69. The molecule has 2 rings (SSSR count). The van der Waals surface area contributed by atoms with E-state index in [1.165, 1.54) is 12.1 Å². The lowest BCUT2D eigenvalue weighted by Crippen LogP contribution is -2.33. The summed E-state index contributed by atoms with van der Waals surface area (Å²) in [6, 6.07) is 6.07. The minimum Gasteiger partial charge on any atom is -0.426 e. The lowest BCUT2D eigenvalue weighted by molar-refractivity contribution is -0.142. The maximum absolute atomic E-state index is 12.0. The number of fused-ring (bicyclic) bond motifs is 1. The molecule has 0 aliphatic carbocycles. The van der Waals surface area contributed by atoms with Gasteiger partial charge in [0.15, 0.2) is 0 Å². The molecule has 0 saturated heterocycles. The monoisotopic (exact) mass is 331 g/mol. The Bertz CT molecular complexity index is 843. The van der Waals surface area contributed by atoms with E-state index in [0.717, 1.165) is 0 Å². The van der Waals surface area contributed by atoms with E-state index < -0.39 is 22.9 Å². The highest BCUT2D eigenvalue weighted by molar-refractivity contribution is 5.97. The van der Waals surface area contributed by atoms with Crippen LogP contribution in [0.15, 0.2) is 33.5 Å². The molecule has 24 heavy (non-hydrogen) atoms. The summed E-state index contributed by atoms with van der Waals surface area (Å²) in [5.41, 5.74) is -1.19. The number of hydrogen-bond acceptors (Lipinski definition) is 5. The molecule has 0 unspecified atom stereocenters. The fourth-order valence-electron chi connectivity index (χ4n) is 1.91. The molecule has 6 heteroatoms. The quantitative estimate of drug-likeness (QED) is 0.531. The average Bonchev–Trinajstić information content (AvgIpc) is 2.44. The smallest absolute Gasteiger partial charge is 0.349 e. The summed E-state index contributed by atoms with van der Waals surface area (Å²) >= 11 is 0. The largest absolute Gasteiger partial charge is 0.426 e. The first-order valence-corrected chi connectivity index (χ1v) is 7.69. The van der Waals surface area contributed by atoms with Crippen LogP contribution in [-0.2, 0) is 4.79 Å². The van der Waals surface area contributed by atoms with E-state index in [0.29, 0.717) is 5.39 Å². The SMILES string of the molecule is CC(C)NC(=O)c1cc2ccc(OC(=O)C(C)(C)C)cc2oc1=O. The van der Waals surface area contributed by atoms with Crippen LogP contribution in [0.1, 0.15) is 45.0 Å². The highest BCUT2D eigenvalue weighted by atomic mass is 16.5. The summed E-state index contributed by atoms with van der Waals surface area (Å²) in [4.78, 5) is 35.9. The fraction of sp³-hybridized carbons (Fsp3) is 0.389. The van der Waals surface area contributed by atoms with Crippen molar-refractivity contribution in [2.45, 2.75) is 40.7 Å². The maximum Gasteiger partial charge on any atom is 0.349 e. The molecule has 6 nitrogen and oxygen atoms in total. The number of benzene rings is 1. The van der Waals surface area contributed by atoms with Crippen LogP contribution in [0.3, 0.4) is 0 Å². The van der Waals surface area contributed by atoms with Gasteiger partial charge in [-0.3, -0.25) is 9.59 Å². The topological polar surface area (TPSA) is 85.6 Å². The number of nitrogens with one attached hydrogen (secondary N) is 1. The van der Waals surface area contributed by atoms with Gasteiger partial charge in [0.1, 0.15) is 16.9 Å². The summed E-state index contributed by atoms with van der Waals surface area (Å²) < 4.78 is 10.5. The maximum atomic E-state index is 12.0. The van der Waals surface area contributed by atoms with Crippen LogP contribution in [0.5, 0.6) is 5.75 Å². The van der Waals surface area contributed by atoms with Gasteiger partial charge in [0.25, 0.3) is 5.91 Å². The van der Waals surface area contributed by atoms with Crippen molar-refractivity contribution >= 4 is 22.8 Å². The molecule has 128 valence electrons. The minimum atomic E-state index is -0.736. The van der Waals surface area contributed by atoms with Crippen molar-refractivity contribution in [3.8, 4) is 5.75 Å². The van der Waals surface area contributed by atoms with Gasteiger partial charge in [0, 0.05) is 17.5 Å². The number of ether oxygens (including phenoxy) is 1. The van der Waals surface area contributed by atoms with E-state index in [1.807, 2.05) is 0 Å². The first-order chi connectivity index (χ1) is 11.1. The molecule has 1 amide bonds. The molecule has 0 bridgehead atoms. The van der Waals surface area contributed by atoms with Crippen molar-refractivity contribution in [1.82, 2.24) is 5.32 Å². The molecule has 0 saturated carbocycles. The van der Waals surface area contributed by atoms with Gasteiger partial charge in [0.05, 0.1) is 5.41 Å². The Kier molecular flexibility index (Phi) is 4.78. The molecule has 1 aromatic carbocycles. The summed E-state index contributed by atoms with van der Waals surface area (Å²) in [6.07, 6.45) is 0. The Morgan fingerprint density at radius 2 is 1.83 bits per heavy atom. The van der Waals surface area contributed by atoms with Gasteiger partial charge >= 0.3 is 11.6 Å². The summed E-state index contributed by atoms with van der Waals surface area (Å²) in [6.45, 7) is 8.84. The second kappa shape index (κ2) is 6.47. The zero-order valence-corrected chi connectivity index (χ0v) is 14.4. The van der Waals surface area contributed by atoms with Crippen LogP contribution in [-0.4, -0.2) is 17.9 Å². The Morgan fingerprint density at radius 1 is 1.17 bits per heavy atom. The molecular weight excluding hydrogens is 310 g/mol. The number of carbonyl (C=O) groups excluding carboxylic acids is 2. The van der Waals surface area contributed by atoms with Crippen molar-refractivity contribution in [3.63, 3.8) is 0 Å². The molecule has 1 N–H and O–H groups in total.